The van der Waals surface area contributed by atoms with E-state index in [4.69, 9.17) is 5.73 Å². The minimum Gasteiger partial charge on any atom is -0.312 e. The molecule has 0 spiro atoms. The van der Waals surface area contributed by atoms with Crippen LogP contribution >= 0.6 is 15.9 Å². The largest absolute Gasteiger partial charge is 0.312 e. The lowest BCUT2D eigenvalue weighted by atomic mass is 10.1. The summed E-state index contributed by atoms with van der Waals surface area (Å²) < 4.78 is 26.4. The fraction of sp³-hybridized carbons (Fsp3) is 0.188. The van der Waals surface area contributed by atoms with E-state index in [0.717, 1.165) is 10.0 Å². The van der Waals surface area contributed by atoms with Crippen LogP contribution < -0.4 is 5.73 Å². The van der Waals surface area contributed by atoms with Gasteiger partial charge in [-0.25, -0.2) is 8.42 Å². The molecule has 6 heteroatoms. The molecule has 2 N–H and O–H groups in total. The molecule has 0 aromatic heterocycles. The Hall–Kier alpha value is -1.68. The predicted molar refractivity (Wildman–Crippen MR) is 86.8 cm³/mol. The Kier molecular flexibility index (Phi) is 3.60. The van der Waals surface area contributed by atoms with Crippen molar-refractivity contribution in [3.63, 3.8) is 0 Å². The summed E-state index contributed by atoms with van der Waals surface area (Å²) >= 11 is 3.34. The Bertz CT molecular complexity index is 844. The van der Waals surface area contributed by atoms with Crippen molar-refractivity contribution in [2.45, 2.75) is 21.6 Å². The van der Waals surface area contributed by atoms with E-state index in [9.17, 15) is 13.7 Å². The van der Waals surface area contributed by atoms with Crippen LogP contribution in [0.4, 0.5) is 0 Å². The Morgan fingerprint density at radius 2 is 1.68 bits per heavy atom. The van der Waals surface area contributed by atoms with Crippen molar-refractivity contribution in [3.8, 4) is 6.07 Å². The first-order valence-electron chi connectivity index (χ1n) is 6.66. The summed E-state index contributed by atoms with van der Waals surface area (Å²) in [6, 6.07) is 17.4. The van der Waals surface area contributed by atoms with Crippen LogP contribution in [0.2, 0.25) is 0 Å². The van der Waals surface area contributed by atoms with E-state index >= 15 is 0 Å². The van der Waals surface area contributed by atoms with Gasteiger partial charge in [0.1, 0.15) is 10.8 Å². The Morgan fingerprint density at radius 1 is 1.09 bits per heavy atom. The molecular weight excluding hydrogens is 364 g/mol. The number of halogens is 1. The first-order chi connectivity index (χ1) is 10.4. The number of benzene rings is 2. The SMILES string of the molecule is N#C[C@]1(N)[C@@H](c2ccc(Br)cc2)[C@@H]1S(=O)(=O)c1ccccc1. The summed E-state index contributed by atoms with van der Waals surface area (Å²) in [7, 11) is -3.65. The van der Waals surface area contributed by atoms with E-state index in [1.807, 2.05) is 18.2 Å². The number of nitrogens with zero attached hydrogens (tertiary/aromatic N) is 1. The molecule has 4 nitrogen and oxygen atoms in total. The average Bonchev–Trinajstić information content (AvgIpc) is 3.17. The lowest BCUT2D eigenvalue weighted by Crippen LogP contribution is -2.29. The van der Waals surface area contributed by atoms with E-state index in [1.54, 1.807) is 30.3 Å². The highest BCUT2D eigenvalue weighted by Crippen LogP contribution is 2.55. The predicted octanol–water partition coefficient (Wildman–Crippen LogP) is 2.61. The fourth-order valence-corrected chi connectivity index (χ4v) is 5.29. The third kappa shape index (κ3) is 2.26. The van der Waals surface area contributed by atoms with Crippen LogP contribution in [0, 0.1) is 11.3 Å². The van der Waals surface area contributed by atoms with Crippen molar-refractivity contribution in [2.75, 3.05) is 0 Å². The number of rotatable bonds is 3. The molecule has 112 valence electrons. The van der Waals surface area contributed by atoms with Crippen LogP contribution in [0.25, 0.3) is 0 Å². The molecular formula is C16H13BrN2O2S. The van der Waals surface area contributed by atoms with Crippen LogP contribution in [0.5, 0.6) is 0 Å². The lowest BCUT2D eigenvalue weighted by Gasteiger charge is -2.04. The maximum atomic E-state index is 12.8. The van der Waals surface area contributed by atoms with Gasteiger partial charge in [0.2, 0.25) is 0 Å². The van der Waals surface area contributed by atoms with Gasteiger partial charge in [-0.05, 0) is 29.8 Å². The molecule has 2 aromatic rings. The molecule has 0 saturated heterocycles. The molecule has 0 amide bonds. The summed E-state index contributed by atoms with van der Waals surface area (Å²) in [5.41, 5.74) is 5.45. The molecule has 0 bridgehead atoms. The van der Waals surface area contributed by atoms with Gasteiger partial charge in [-0.15, -0.1) is 0 Å². The summed E-state index contributed by atoms with van der Waals surface area (Å²) in [5, 5.41) is 8.46. The third-order valence-electron chi connectivity index (χ3n) is 4.01. The van der Waals surface area contributed by atoms with Gasteiger partial charge in [0.05, 0.1) is 11.0 Å². The quantitative estimate of drug-likeness (QED) is 0.891. The van der Waals surface area contributed by atoms with Crippen molar-refractivity contribution >= 4 is 25.8 Å². The highest BCUT2D eigenvalue weighted by molar-refractivity contribution is 9.10. The van der Waals surface area contributed by atoms with Crippen LogP contribution in [0.3, 0.4) is 0 Å². The van der Waals surface area contributed by atoms with E-state index < -0.39 is 26.5 Å². The molecule has 0 heterocycles. The maximum absolute atomic E-state index is 12.8. The second kappa shape index (κ2) is 5.20. The van der Waals surface area contributed by atoms with E-state index in [2.05, 4.69) is 15.9 Å². The monoisotopic (exact) mass is 376 g/mol. The first kappa shape index (κ1) is 15.2. The number of sulfone groups is 1. The van der Waals surface area contributed by atoms with Crippen molar-refractivity contribution < 1.29 is 8.42 Å². The van der Waals surface area contributed by atoms with Crippen LogP contribution in [0.15, 0.2) is 64.0 Å². The third-order valence-corrected chi connectivity index (χ3v) is 6.80. The first-order valence-corrected chi connectivity index (χ1v) is 9.00. The fourth-order valence-electron chi connectivity index (χ4n) is 2.82. The zero-order chi connectivity index (χ0) is 16.0. The van der Waals surface area contributed by atoms with E-state index in [1.165, 1.54) is 12.1 Å². The van der Waals surface area contributed by atoms with Gasteiger partial charge in [0.25, 0.3) is 0 Å². The zero-order valence-electron chi connectivity index (χ0n) is 11.5. The van der Waals surface area contributed by atoms with E-state index in [0.29, 0.717) is 0 Å². The van der Waals surface area contributed by atoms with E-state index in [-0.39, 0.29) is 4.90 Å². The Morgan fingerprint density at radius 3 is 2.23 bits per heavy atom. The summed E-state index contributed by atoms with van der Waals surface area (Å²) in [4.78, 5) is 0.199. The molecule has 0 aliphatic heterocycles. The second-order valence-corrected chi connectivity index (χ2v) is 8.34. The topological polar surface area (TPSA) is 83.9 Å². The van der Waals surface area contributed by atoms with Crippen LogP contribution in [0.1, 0.15) is 11.5 Å². The standard InChI is InChI=1S/C16H13BrN2O2S/c17-12-8-6-11(7-9-12)14-15(16(14,19)10-18)22(20,21)13-4-2-1-3-5-13/h1-9,14-15H,19H2/t14-,15-,16-/m0/s1. The van der Waals surface area contributed by atoms with Crippen molar-refractivity contribution in [3.05, 3.63) is 64.6 Å². The minimum atomic E-state index is -3.65. The van der Waals surface area contributed by atoms with Gasteiger partial charge in [-0.1, -0.05) is 46.3 Å². The molecule has 3 atom stereocenters. The minimum absolute atomic E-state index is 0.199. The summed E-state index contributed by atoms with van der Waals surface area (Å²) in [6.07, 6.45) is 0. The number of hydrogen-bond acceptors (Lipinski definition) is 4. The Labute approximate surface area is 137 Å². The highest BCUT2D eigenvalue weighted by Gasteiger charge is 2.70. The van der Waals surface area contributed by atoms with Crippen molar-refractivity contribution in [2.24, 2.45) is 5.73 Å². The molecule has 3 rings (SSSR count). The zero-order valence-corrected chi connectivity index (χ0v) is 13.9. The lowest BCUT2D eigenvalue weighted by molar-refractivity contribution is 0.592. The number of nitrogens with two attached hydrogens (primary N) is 1. The molecule has 1 saturated carbocycles. The van der Waals surface area contributed by atoms with Gasteiger partial charge in [0.15, 0.2) is 9.84 Å². The summed E-state index contributed by atoms with van der Waals surface area (Å²) in [6.45, 7) is 0. The van der Waals surface area contributed by atoms with Crippen molar-refractivity contribution in [1.29, 1.82) is 5.26 Å². The van der Waals surface area contributed by atoms with Crippen molar-refractivity contribution in [1.82, 2.24) is 0 Å². The van der Waals surface area contributed by atoms with Gasteiger partial charge in [-0.3, -0.25) is 0 Å². The second-order valence-electron chi connectivity index (χ2n) is 5.35. The van der Waals surface area contributed by atoms with Gasteiger partial charge >= 0.3 is 0 Å². The van der Waals surface area contributed by atoms with Gasteiger partial charge < -0.3 is 5.73 Å². The average molecular weight is 377 g/mol. The highest BCUT2D eigenvalue weighted by atomic mass is 79.9. The smallest absolute Gasteiger partial charge is 0.184 e. The van der Waals surface area contributed by atoms with Crippen LogP contribution in [-0.2, 0) is 9.84 Å². The molecule has 0 unspecified atom stereocenters. The molecule has 2 aromatic carbocycles. The normalized spacial score (nSPS) is 27.1. The number of hydrogen-bond donors (Lipinski definition) is 1. The molecule has 1 fully saturated rings. The summed E-state index contributed by atoms with van der Waals surface area (Å²) in [5.74, 6) is -0.518. The molecule has 1 aliphatic carbocycles. The maximum Gasteiger partial charge on any atom is 0.184 e. The van der Waals surface area contributed by atoms with Crippen LogP contribution in [-0.4, -0.2) is 19.2 Å². The van der Waals surface area contributed by atoms with Gasteiger partial charge in [0, 0.05) is 10.4 Å². The molecule has 22 heavy (non-hydrogen) atoms. The number of nitriles is 1. The molecule has 1 aliphatic rings. The van der Waals surface area contributed by atoms with Gasteiger partial charge in [-0.2, -0.15) is 5.26 Å². The molecule has 0 radical (unpaired) electrons. The Balaban J connectivity index is 2.04.